The predicted octanol–water partition coefficient (Wildman–Crippen LogP) is 24.1. The second-order valence-corrected chi connectivity index (χ2v) is 25.8. The fourth-order valence-electron chi connectivity index (χ4n) is 14.0. The van der Waals surface area contributed by atoms with Gasteiger partial charge in [0.05, 0.1) is 0 Å². The highest BCUT2D eigenvalue weighted by atomic mass is 32.1. The van der Waals surface area contributed by atoms with Crippen LogP contribution in [0.1, 0.15) is 25.0 Å². The van der Waals surface area contributed by atoms with E-state index in [1.807, 2.05) is 34.0 Å². The zero-order chi connectivity index (χ0) is 54.2. The summed E-state index contributed by atoms with van der Waals surface area (Å²) < 4.78 is 8.05. The lowest BCUT2D eigenvalue weighted by molar-refractivity contribution is 0.660. The van der Waals surface area contributed by atoms with Gasteiger partial charge in [0.25, 0.3) is 0 Å². The minimum absolute atomic E-state index is 0.0355. The van der Waals surface area contributed by atoms with Crippen molar-refractivity contribution in [2.45, 2.75) is 19.3 Å². The summed E-state index contributed by atoms with van der Waals surface area (Å²) in [5.41, 5.74) is 15.9. The third-order valence-electron chi connectivity index (χ3n) is 17.7. The van der Waals surface area contributed by atoms with E-state index in [0.717, 1.165) is 0 Å². The van der Waals surface area contributed by atoms with Crippen molar-refractivity contribution in [3.05, 3.63) is 278 Å². The lowest BCUT2D eigenvalue weighted by Gasteiger charge is -2.23. The maximum absolute atomic E-state index is 2.47. The molecule has 0 nitrogen and oxygen atoms in total. The number of hydrogen-bond acceptors (Lipinski definition) is 3. The van der Waals surface area contributed by atoms with E-state index < -0.39 is 0 Å². The first-order chi connectivity index (χ1) is 40.4. The Morgan fingerprint density at radius 3 is 0.817 bits per heavy atom. The Labute approximate surface area is 487 Å². The zero-order valence-electron chi connectivity index (χ0n) is 45.1. The van der Waals surface area contributed by atoms with Gasteiger partial charge >= 0.3 is 0 Å². The normalized spacial score (nSPS) is 12.9. The third kappa shape index (κ3) is 7.20. The molecule has 384 valence electrons. The molecule has 3 heterocycles. The molecule has 3 heteroatoms. The monoisotopic (exact) mass is 1090 g/mol. The molecule has 0 aliphatic heterocycles. The van der Waals surface area contributed by atoms with Crippen LogP contribution in [0, 0.1) is 0 Å². The molecule has 1 aliphatic rings. The Kier molecular flexibility index (Phi) is 10.7. The summed E-state index contributed by atoms with van der Waals surface area (Å²) in [5, 5.41) is 18.4. The van der Waals surface area contributed by atoms with Crippen molar-refractivity contribution in [1.29, 1.82) is 0 Å². The Balaban J connectivity index is 0.000000130. The molecule has 17 aromatic rings. The van der Waals surface area contributed by atoms with Crippen molar-refractivity contribution < 1.29 is 0 Å². The molecule has 14 aromatic carbocycles. The van der Waals surface area contributed by atoms with Crippen molar-refractivity contribution in [2.75, 3.05) is 0 Å². The Morgan fingerprint density at radius 2 is 0.463 bits per heavy atom. The number of fused-ring (bicyclic) bond motifs is 16. The second kappa shape index (κ2) is 18.4. The van der Waals surface area contributed by atoms with Gasteiger partial charge in [-0.3, -0.25) is 0 Å². The molecule has 0 amide bonds. The van der Waals surface area contributed by atoms with Gasteiger partial charge in [0, 0.05) is 65.9 Å². The van der Waals surface area contributed by atoms with Crippen molar-refractivity contribution in [1.82, 2.24) is 0 Å². The highest BCUT2D eigenvalue weighted by Gasteiger charge is 2.35. The van der Waals surface area contributed by atoms with Crippen LogP contribution in [0.4, 0.5) is 0 Å². The summed E-state index contributed by atoms with van der Waals surface area (Å²) in [7, 11) is 0. The standard InChI is InChI=1S/C41H28S.C38H22S2/c1-41(2)35-17-9-7-11-27(35)28-21-19-26(24-36(28)41)40-32-15-5-3-13-30(32)39(31-14-4-6-16-33(31)40)25-20-22-38-34(23-25)29-12-8-10-18-37(29)42-38;1-2-12-28-27(11-1)37(23-17-19-35-31(21-23)25-9-5-7-15-33(25)39-35)29-13-3-4-14-30(29)38(28)24-18-20-36-32(22-24)26-10-6-8-16-34(26)40-36/h3-24H,1-2H3;1-22H. The van der Waals surface area contributed by atoms with Gasteiger partial charge in [0.15, 0.2) is 0 Å². The van der Waals surface area contributed by atoms with E-state index >= 15 is 0 Å². The number of benzene rings is 14. The van der Waals surface area contributed by atoms with Crippen molar-refractivity contribution in [3.8, 4) is 55.6 Å². The van der Waals surface area contributed by atoms with E-state index in [9.17, 15) is 0 Å². The fourth-order valence-corrected chi connectivity index (χ4v) is 17.3. The average molecular weight is 1100 g/mol. The van der Waals surface area contributed by atoms with Gasteiger partial charge in [-0.2, -0.15) is 0 Å². The maximum atomic E-state index is 2.47. The zero-order valence-corrected chi connectivity index (χ0v) is 47.6. The molecular weight excluding hydrogens is 1050 g/mol. The van der Waals surface area contributed by atoms with E-state index in [1.54, 1.807) is 0 Å². The van der Waals surface area contributed by atoms with Crippen LogP contribution >= 0.6 is 34.0 Å². The first kappa shape index (κ1) is 47.6. The molecule has 3 aromatic heterocycles. The Hall–Kier alpha value is -9.22. The Bertz CT molecular complexity index is 5220. The molecule has 0 saturated heterocycles. The minimum Gasteiger partial charge on any atom is -0.135 e. The van der Waals surface area contributed by atoms with E-state index in [0.29, 0.717) is 0 Å². The lowest BCUT2D eigenvalue weighted by atomic mass is 9.80. The van der Waals surface area contributed by atoms with Crippen LogP contribution < -0.4 is 0 Å². The number of rotatable bonds is 4. The van der Waals surface area contributed by atoms with Gasteiger partial charge in [-0.15, -0.1) is 34.0 Å². The first-order valence-electron chi connectivity index (χ1n) is 28.3. The maximum Gasteiger partial charge on any atom is 0.0355 e. The summed E-state index contributed by atoms with van der Waals surface area (Å²) in [4.78, 5) is 0. The van der Waals surface area contributed by atoms with E-state index in [2.05, 4.69) is 281 Å². The van der Waals surface area contributed by atoms with Gasteiger partial charge in [-0.1, -0.05) is 220 Å². The molecule has 0 N–H and O–H groups in total. The molecule has 18 rings (SSSR count). The number of hydrogen-bond donors (Lipinski definition) is 0. The SMILES string of the molecule is CC1(C)c2ccccc2-c2ccc(-c3c4ccccc4c(-c4ccc5sc6ccccc6c5c4)c4ccccc34)cc21.c1ccc2c(c1)sc1ccc(-c3c4ccccc4c(-c4ccc5sc6ccccc6c5c4)c4ccccc34)cc12. The molecule has 0 radical (unpaired) electrons. The molecule has 0 unspecified atom stereocenters. The molecular formula is C79H50S3. The number of thiophene rings is 3. The molecule has 0 saturated carbocycles. The first-order valence-corrected chi connectivity index (χ1v) is 30.7. The molecule has 82 heavy (non-hydrogen) atoms. The van der Waals surface area contributed by atoms with E-state index in [4.69, 9.17) is 0 Å². The van der Waals surface area contributed by atoms with Crippen LogP contribution in [0.5, 0.6) is 0 Å². The van der Waals surface area contributed by atoms with E-state index in [1.165, 1.54) is 170 Å². The van der Waals surface area contributed by atoms with Crippen LogP contribution in [-0.4, -0.2) is 0 Å². The highest BCUT2D eigenvalue weighted by molar-refractivity contribution is 7.26. The molecule has 0 bridgehead atoms. The quantitative estimate of drug-likeness (QED) is 0.154. The minimum atomic E-state index is -0.0355. The van der Waals surface area contributed by atoms with Crippen LogP contribution in [0.25, 0.3) is 159 Å². The summed E-state index contributed by atoms with van der Waals surface area (Å²) in [6.45, 7) is 4.73. The third-order valence-corrected chi connectivity index (χ3v) is 21.2. The smallest absolute Gasteiger partial charge is 0.0355 e. The van der Waals surface area contributed by atoms with Crippen LogP contribution in [0.3, 0.4) is 0 Å². The average Bonchev–Trinajstić information content (AvgIpc) is 4.39. The summed E-state index contributed by atoms with van der Waals surface area (Å²) in [6.07, 6.45) is 0. The van der Waals surface area contributed by atoms with Gasteiger partial charge in [-0.05, 0) is 171 Å². The molecule has 1 aliphatic carbocycles. The lowest BCUT2D eigenvalue weighted by Crippen LogP contribution is -2.14. The van der Waals surface area contributed by atoms with Crippen LogP contribution in [0.15, 0.2) is 267 Å². The van der Waals surface area contributed by atoms with E-state index in [-0.39, 0.29) is 5.41 Å². The highest BCUT2D eigenvalue weighted by Crippen LogP contribution is 2.52. The van der Waals surface area contributed by atoms with Gasteiger partial charge in [0.1, 0.15) is 0 Å². The Morgan fingerprint density at radius 1 is 0.207 bits per heavy atom. The van der Waals surface area contributed by atoms with Gasteiger partial charge < -0.3 is 0 Å². The second-order valence-electron chi connectivity index (χ2n) is 22.5. The largest absolute Gasteiger partial charge is 0.135 e. The molecule has 0 fully saturated rings. The predicted molar refractivity (Wildman–Crippen MR) is 361 cm³/mol. The summed E-state index contributed by atoms with van der Waals surface area (Å²) >= 11 is 5.63. The van der Waals surface area contributed by atoms with Crippen LogP contribution in [0.2, 0.25) is 0 Å². The summed E-state index contributed by atoms with van der Waals surface area (Å²) in [6, 6.07) is 99.4. The van der Waals surface area contributed by atoms with Crippen molar-refractivity contribution in [2.24, 2.45) is 0 Å². The van der Waals surface area contributed by atoms with Crippen molar-refractivity contribution in [3.63, 3.8) is 0 Å². The summed E-state index contributed by atoms with van der Waals surface area (Å²) in [5.74, 6) is 0. The fraction of sp³-hybridized carbons (Fsp3) is 0.0380. The van der Waals surface area contributed by atoms with Crippen molar-refractivity contribution >= 4 is 138 Å². The van der Waals surface area contributed by atoms with Gasteiger partial charge in [-0.25, -0.2) is 0 Å². The van der Waals surface area contributed by atoms with Crippen LogP contribution in [-0.2, 0) is 5.41 Å². The molecule has 0 atom stereocenters. The van der Waals surface area contributed by atoms with Gasteiger partial charge in [0.2, 0.25) is 0 Å². The topological polar surface area (TPSA) is 0 Å². The molecule has 0 spiro atoms.